The highest BCUT2D eigenvalue weighted by atomic mass is 32.2. The first-order valence-electron chi connectivity index (χ1n) is 5.99. The Hall–Kier alpha value is -0.260. The van der Waals surface area contributed by atoms with Crippen LogP contribution in [0.4, 0.5) is 0 Å². The highest BCUT2D eigenvalue weighted by Gasteiger charge is 2.22. The van der Waals surface area contributed by atoms with E-state index in [2.05, 4.69) is 17.8 Å². The summed E-state index contributed by atoms with van der Waals surface area (Å²) in [6, 6.07) is 0. The van der Waals surface area contributed by atoms with Gasteiger partial charge in [-0.15, -0.1) is 0 Å². The summed E-state index contributed by atoms with van der Waals surface area (Å²) in [7, 11) is -7.87. The largest absolute Gasteiger partial charge is 0.336 e. The molecule has 0 aromatic carbocycles. The lowest BCUT2D eigenvalue weighted by Gasteiger charge is -2.20. The maximum absolute atomic E-state index is 11.4. The second-order valence-corrected chi connectivity index (χ2v) is 8.95. The van der Waals surface area contributed by atoms with Crippen LogP contribution in [-0.2, 0) is 29.0 Å². The molecule has 0 saturated carbocycles. The van der Waals surface area contributed by atoms with Gasteiger partial charge in [0.15, 0.2) is 0 Å². The summed E-state index contributed by atoms with van der Waals surface area (Å²) in [5.74, 6) is 0. The Labute approximate surface area is 121 Å². The fourth-order valence-corrected chi connectivity index (χ4v) is 3.29. The fraction of sp³-hybridized carbons (Fsp3) is 1.00. The lowest BCUT2D eigenvalue weighted by molar-refractivity contribution is 0.214. The van der Waals surface area contributed by atoms with Crippen molar-refractivity contribution >= 4 is 20.6 Å². The summed E-state index contributed by atoms with van der Waals surface area (Å²) in [5, 5.41) is 0. The van der Waals surface area contributed by atoms with E-state index >= 15 is 0 Å². The Morgan fingerprint density at radius 3 is 1.15 bits per heavy atom. The van der Waals surface area contributed by atoms with Crippen LogP contribution in [-0.4, -0.2) is 41.1 Å². The van der Waals surface area contributed by atoms with Crippen LogP contribution in [0.15, 0.2) is 0 Å². The highest BCUT2D eigenvalue weighted by Crippen LogP contribution is 2.05. The first-order chi connectivity index (χ1) is 8.62. The van der Waals surface area contributed by atoms with Crippen molar-refractivity contribution < 1.29 is 25.2 Å². The molecule has 2 N–H and O–H groups in total. The zero-order chi connectivity index (χ0) is 16.2. The van der Waals surface area contributed by atoms with Crippen molar-refractivity contribution in [1.29, 1.82) is 0 Å². The smallest absolute Gasteiger partial charge is 0.256 e. The number of rotatable bonds is 7. The summed E-state index contributed by atoms with van der Waals surface area (Å²) < 4.78 is 59.5. The van der Waals surface area contributed by atoms with E-state index in [9.17, 15) is 16.8 Å². The van der Waals surface area contributed by atoms with Crippen LogP contribution >= 0.6 is 0 Å². The minimum atomic E-state index is -3.94. The monoisotopic (exact) mass is 332 g/mol. The maximum atomic E-state index is 11.4. The standard InChI is InChI=1S/C10H24N2O6S2/c1-9(2,3)11-19(13,14)17-7-8-18-20(15,16)12-10(4,5)6/h11-12H,7-8H2,1-6H3. The number of nitrogens with one attached hydrogen (secondary N) is 2. The molecule has 20 heavy (non-hydrogen) atoms. The molecular formula is C10H24N2O6S2. The van der Waals surface area contributed by atoms with E-state index in [0.29, 0.717) is 0 Å². The molecule has 122 valence electrons. The molecule has 8 nitrogen and oxygen atoms in total. The van der Waals surface area contributed by atoms with Gasteiger partial charge in [0.25, 0.3) is 0 Å². The summed E-state index contributed by atoms with van der Waals surface area (Å²) in [4.78, 5) is 0. The van der Waals surface area contributed by atoms with E-state index in [4.69, 9.17) is 0 Å². The van der Waals surface area contributed by atoms with Crippen LogP contribution in [0.3, 0.4) is 0 Å². The van der Waals surface area contributed by atoms with Crippen molar-refractivity contribution in [2.75, 3.05) is 13.2 Å². The number of hydrogen-bond acceptors (Lipinski definition) is 6. The normalized spacial score (nSPS) is 14.5. The Bertz CT molecular complexity index is 451. The second kappa shape index (κ2) is 6.67. The molecule has 0 bridgehead atoms. The second-order valence-electron chi connectivity index (χ2n) is 6.26. The van der Waals surface area contributed by atoms with Crippen molar-refractivity contribution in [1.82, 2.24) is 9.44 Å². The molecule has 0 aliphatic carbocycles. The van der Waals surface area contributed by atoms with Crippen LogP contribution in [0.2, 0.25) is 0 Å². The van der Waals surface area contributed by atoms with Gasteiger partial charge >= 0.3 is 20.6 Å². The van der Waals surface area contributed by atoms with Crippen LogP contribution in [0, 0.1) is 0 Å². The van der Waals surface area contributed by atoms with Crippen molar-refractivity contribution in [3.8, 4) is 0 Å². The molecule has 0 spiro atoms. The van der Waals surface area contributed by atoms with E-state index < -0.39 is 44.9 Å². The van der Waals surface area contributed by atoms with Gasteiger partial charge in [-0.25, -0.2) is 0 Å². The number of hydrogen-bond donors (Lipinski definition) is 2. The molecular weight excluding hydrogens is 308 g/mol. The van der Waals surface area contributed by atoms with Gasteiger partial charge in [-0.1, -0.05) is 0 Å². The van der Waals surface area contributed by atoms with E-state index in [-0.39, 0.29) is 0 Å². The third-order valence-electron chi connectivity index (χ3n) is 1.42. The quantitative estimate of drug-likeness (QED) is 0.648. The summed E-state index contributed by atoms with van der Waals surface area (Å²) in [5.41, 5.74) is -1.36. The predicted molar refractivity (Wildman–Crippen MR) is 75.5 cm³/mol. The van der Waals surface area contributed by atoms with E-state index in [0.717, 1.165) is 0 Å². The SMILES string of the molecule is CC(C)(C)NS(=O)(=O)OCCOS(=O)(=O)NC(C)(C)C. The highest BCUT2D eigenvalue weighted by molar-refractivity contribution is 7.85. The van der Waals surface area contributed by atoms with E-state index in [1.54, 1.807) is 41.5 Å². The van der Waals surface area contributed by atoms with Crippen LogP contribution in [0.1, 0.15) is 41.5 Å². The average molecular weight is 332 g/mol. The summed E-state index contributed by atoms with van der Waals surface area (Å²) in [6.07, 6.45) is 0. The van der Waals surface area contributed by atoms with Gasteiger partial charge in [0.2, 0.25) is 0 Å². The topological polar surface area (TPSA) is 111 Å². The Balaban J connectivity index is 4.22. The third kappa shape index (κ3) is 11.6. The van der Waals surface area contributed by atoms with Crippen LogP contribution in [0.5, 0.6) is 0 Å². The minimum Gasteiger partial charge on any atom is -0.256 e. The van der Waals surface area contributed by atoms with Crippen molar-refractivity contribution in [3.63, 3.8) is 0 Å². The molecule has 0 rings (SSSR count). The zero-order valence-electron chi connectivity index (χ0n) is 12.7. The molecule has 0 aromatic rings. The maximum Gasteiger partial charge on any atom is 0.336 e. The zero-order valence-corrected chi connectivity index (χ0v) is 14.3. The summed E-state index contributed by atoms with van der Waals surface area (Å²) >= 11 is 0. The molecule has 0 fully saturated rings. The van der Waals surface area contributed by atoms with Gasteiger partial charge in [-0.05, 0) is 41.5 Å². The van der Waals surface area contributed by atoms with Gasteiger partial charge in [-0.3, -0.25) is 8.37 Å². The van der Waals surface area contributed by atoms with Gasteiger partial charge in [-0.2, -0.15) is 26.3 Å². The van der Waals surface area contributed by atoms with E-state index in [1.165, 1.54) is 0 Å². The third-order valence-corrected chi connectivity index (χ3v) is 4.10. The molecule has 0 unspecified atom stereocenters. The van der Waals surface area contributed by atoms with Gasteiger partial charge < -0.3 is 0 Å². The van der Waals surface area contributed by atoms with Crippen LogP contribution < -0.4 is 9.44 Å². The Morgan fingerprint density at radius 2 is 0.950 bits per heavy atom. The Morgan fingerprint density at radius 1 is 0.700 bits per heavy atom. The van der Waals surface area contributed by atoms with Gasteiger partial charge in [0.05, 0.1) is 13.2 Å². The molecule has 0 amide bonds. The molecule has 0 radical (unpaired) electrons. The fourth-order valence-electron chi connectivity index (χ4n) is 1.10. The lowest BCUT2D eigenvalue weighted by Crippen LogP contribution is -2.43. The van der Waals surface area contributed by atoms with Gasteiger partial charge in [0.1, 0.15) is 0 Å². The van der Waals surface area contributed by atoms with Gasteiger partial charge in [0, 0.05) is 11.1 Å². The molecule has 0 aliphatic heterocycles. The first kappa shape index (κ1) is 19.7. The van der Waals surface area contributed by atoms with Crippen molar-refractivity contribution in [2.24, 2.45) is 0 Å². The van der Waals surface area contributed by atoms with Crippen molar-refractivity contribution in [3.05, 3.63) is 0 Å². The molecule has 0 atom stereocenters. The molecule has 10 heteroatoms. The lowest BCUT2D eigenvalue weighted by atomic mass is 10.1. The predicted octanol–water partition coefficient (Wildman–Crippen LogP) is 0.285. The average Bonchev–Trinajstić information content (AvgIpc) is 2.04. The van der Waals surface area contributed by atoms with Crippen LogP contribution in [0.25, 0.3) is 0 Å². The van der Waals surface area contributed by atoms with Crippen molar-refractivity contribution in [2.45, 2.75) is 52.6 Å². The first-order valence-corrected chi connectivity index (χ1v) is 8.80. The molecule has 0 saturated heterocycles. The van der Waals surface area contributed by atoms with E-state index in [1.807, 2.05) is 0 Å². The molecule has 0 heterocycles. The minimum absolute atomic E-state index is 0.406. The summed E-state index contributed by atoms with van der Waals surface area (Å²) in [6.45, 7) is 9.12. The Kier molecular flexibility index (Phi) is 6.58. The molecule has 0 aliphatic rings. The molecule has 0 aromatic heterocycles.